The predicted molar refractivity (Wildman–Crippen MR) is 56.1 cm³/mol. The van der Waals surface area contributed by atoms with E-state index in [1.807, 2.05) is 11.6 Å². The molecule has 1 N–H and O–H groups in total. The molecule has 0 aliphatic carbocycles. The lowest BCUT2D eigenvalue weighted by Crippen LogP contribution is -2.46. The van der Waals surface area contributed by atoms with Crippen LogP contribution in [0.15, 0.2) is 11.6 Å². The topological polar surface area (TPSA) is 37.4 Å². The van der Waals surface area contributed by atoms with E-state index < -0.39 is 0 Å². The minimum atomic E-state index is 0.299. The van der Waals surface area contributed by atoms with Gasteiger partial charge in [0.15, 0.2) is 0 Å². The van der Waals surface area contributed by atoms with Crippen molar-refractivity contribution < 1.29 is 4.74 Å². The van der Waals surface area contributed by atoms with Crippen molar-refractivity contribution in [1.29, 1.82) is 0 Å². The zero-order valence-electron chi connectivity index (χ0n) is 8.27. The lowest BCUT2D eigenvalue weighted by Gasteiger charge is -2.29. The van der Waals surface area contributed by atoms with Gasteiger partial charge in [0.25, 0.3) is 0 Å². The minimum absolute atomic E-state index is 0.299. The number of hydrazine groups is 1. The summed E-state index contributed by atoms with van der Waals surface area (Å²) in [6.45, 7) is 5.68. The minimum Gasteiger partial charge on any atom is -0.379 e. The standard InChI is InChI=1S/C9H15N3OS/c1-8(9-10-2-7-14-9)11-12-3-5-13-6-4-12/h2,7-8,11H,3-6H2,1H3. The molecule has 1 aromatic rings. The van der Waals surface area contributed by atoms with Crippen LogP contribution in [0.25, 0.3) is 0 Å². The average molecular weight is 213 g/mol. The van der Waals surface area contributed by atoms with E-state index in [0.29, 0.717) is 6.04 Å². The Balaban J connectivity index is 1.84. The average Bonchev–Trinajstić information content (AvgIpc) is 2.72. The molecular formula is C9H15N3OS. The predicted octanol–water partition coefficient (Wildman–Crippen LogP) is 1.04. The van der Waals surface area contributed by atoms with Crippen LogP contribution in [-0.2, 0) is 4.74 Å². The summed E-state index contributed by atoms with van der Waals surface area (Å²) in [5.41, 5.74) is 3.42. The molecule has 1 unspecified atom stereocenters. The Hall–Kier alpha value is -0.490. The van der Waals surface area contributed by atoms with Gasteiger partial charge in [-0.2, -0.15) is 0 Å². The summed E-state index contributed by atoms with van der Waals surface area (Å²) in [7, 11) is 0. The van der Waals surface area contributed by atoms with Gasteiger partial charge in [-0.25, -0.2) is 15.4 Å². The van der Waals surface area contributed by atoms with Gasteiger partial charge in [0, 0.05) is 24.7 Å². The Morgan fingerprint density at radius 1 is 1.57 bits per heavy atom. The van der Waals surface area contributed by atoms with E-state index in [4.69, 9.17) is 4.74 Å². The molecule has 0 amide bonds. The van der Waals surface area contributed by atoms with Gasteiger partial charge in [0.05, 0.1) is 19.3 Å². The molecule has 1 aromatic heterocycles. The molecule has 0 spiro atoms. The third-order valence-electron chi connectivity index (χ3n) is 2.21. The number of ether oxygens (including phenoxy) is 1. The van der Waals surface area contributed by atoms with Gasteiger partial charge in [-0.15, -0.1) is 11.3 Å². The molecule has 1 aliphatic heterocycles. The number of morpholine rings is 1. The molecule has 1 aliphatic rings. The van der Waals surface area contributed by atoms with E-state index in [9.17, 15) is 0 Å². The SMILES string of the molecule is CC(NN1CCOCC1)c1nccs1. The third kappa shape index (κ3) is 2.51. The fourth-order valence-electron chi connectivity index (χ4n) is 1.47. The van der Waals surface area contributed by atoms with Gasteiger partial charge in [-0.1, -0.05) is 0 Å². The van der Waals surface area contributed by atoms with Crippen LogP contribution in [-0.4, -0.2) is 36.3 Å². The molecule has 2 rings (SSSR count). The van der Waals surface area contributed by atoms with Crippen LogP contribution in [0.5, 0.6) is 0 Å². The number of aromatic nitrogens is 1. The lowest BCUT2D eigenvalue weighted by atomic mass is 10.4. The van der Waals surface area contributed by atoms with Gasteiger partial charge >= 0.3 is 0 Å². The molecule has 14 heavy (non-hydrogen) atoms. The highest BCUT2D eigenvalue weighted by Crippen LogP contribution is 2.15. The van der Waals surface area contributed by atoms with Crippen molar-refractivity contribution in [3.8, 4) is 0 Å². The van der Waals surface area contributed by atoms with E-state index in [-0.39, 0.29) is 0 Å². The number of rotatable bonds is 3. The molecule has 1 saturated heterocycles. The summed E-state index contributed by atoms with van der Waals surface area (Å²) in [6.07, 6.45) is 1.84. The first-order valence-corrected chi connectivity index (χ1v) is 5.72. The molecule has 0 aromatic carbocycles. The Labute approximate surface area is 87.9 Å². The first-order valence-electron chi connectivity index (χ1n) is 4.84. The third-order valence-corrected chi connectivity index (χ3v) is 3.17. The molecular weight excluding hydrogens is 198 g/mol. The van der Waals surface area contributed by atoms with E-state index in [1.54, 1.807) is 11.3 Å². The van der Waals surface area contributed by atoms with Crippen LogP contribution in [0, 0.1) is 0 Å². The normalized spacial score (nSPS) is 20.9. The number of nitrogens with one attached hydrogen (secondary N) is 1. The maximum absolute atomic E-state index is 5.28. The number of thiazole rings is 1. The van der Waals surface area contributed by atoms with E-state index in [1.165, 1.54) is 0 Å². The summed E-state index contributed by atoms with van der Waals surface area (Å²) in [5.74, 6) is 0. The van der Waals surface area contributed by atoms with Crippen LogP contribution in [0.2, 0.25) is 0 Å². The maximum Gasteiger partial charge on any atom is 0.111 e. The maximum atomic E-state index is 5.28. The molecule has 1 atom stereocenters. The Morgan fingerprint density at radius 2 is 2.36 bits per heavy atom. The van der Waals surface area contributed by atoms with Crippen molar-refractivity contribution >= 4 is 11.3 Å². The zero-order valence-corrected chi connectivity index (χ0v) is 9.09. The van der Waals surface area contributed by atoms with Gasteiger partial charge in [0.2, 0.25) is 0 Å². The molecule has 5 heteroatoms. The van der Waals surface area contributed by atoms with E-state index in [0.717, 1.165) is 31.3 Å². The zero-order chi connectivity index (χ0) is 9.80. The highest BCUT2D eigenvalue weighted by atomic mass is 32.1. The summed E-state index contributed by atoms with van der Waals surface area (Å²) in [5, 5.41) is 5.35. The van der Waals surface area contributed by atoms with Crippen molar-refractivity contribution in [3.63, 3.8) is 0 Å². The van der Waals surface area contributed by atoms with Crippen molar-refractivity contribution in [2.24, 2.45) is 0 Å². The van der Waals surface area contributed by atoms with Crippen molar-refractivity contribution in [2.75, 3.05) is 26.3 Å². The largest absolute Gasteiger partial charge is 0.379 e. The first-order chi connectivity index (χ1) is 6.86. The van der Waals surface area contributed by atoms with E-state index in [2.05, 4.69) is 22.3 Å². The van der Waals surface area contributed by atoms with Gasteiger partial charge < -0.3 is 4.74 Å². The summed E-state index contributed by atoms with van der Waals surface area (Å²) in [6, 6.07) is 0.299. The smallest absolute Gasteiger partial charge is 0.111 e. The van der Waals surface area contributed by atoms with Crippen LogP contribution in [0.3, 0.4) is 0 Å². The van der Waals surface area contributed by atoms with Crippen LogP contribution < -0.4 is 5.43 Å². The monoisotopic (exact) mass is 213 g/mol. The van der Waals surface area contributed by atoms with Crippen LogP contribution in [0.4, 0.5) is 0 Å². The number of hydrogen-bond acceptors (Lipinski definition) is 5. The van der Waals surface area contributed by atoms with Gasteiger partial charge in [-0.05, 0) is 6.92 Å². The second-order valence-corrected chi connectivity index (χ2v) is 4.25. The van der Waals surface area contributed by atoms with E-state index >= 15 is 0 Å². The fourth-order valence-corrected chi connectivity index (χ4v) is 2.11. The Bertz CT molecular complexity index is 259. The second-order valence-electron chi connectivity index (χ2n) is 3.32. The van der Waals surface area contributed by atoms with Gasteiger partial charge in [0.1, 0.15) is 5.01 Å². The van der Waals surface area contributed by atoms with Crippen LogP contribution >= 0.6 is 11.3 Å². The summed E-state index contributed by atoms with van der Waals surface area (Å²) >= 11 is 1.69. The Morgan fingerprint density at radius 3 is 3.00 bits per heavy atom. The fraction of sp³-hybridized carbons (Fsp3) is 0.667. The summed E-state index contributed by atoms with van der Waals surface area (Å²) < 4.78 is 5.28. The molecule has 1 fully saturated rings. The number of nitrogens with zero attached hydrogens (tertiary/aromatic N) is 2. The molecule has 0 bridgehead atoms. The second kappa shape index (κ2) is 4.84. The van der Waals surface area contributed by atoms with Crippen molar-refractivity contribution in [1.82, 2.24) is 15.4 Å². The van der Waals surface area contributed by atoms with Crippen molar-refractivity contribution in [2.45, 2.75) is 13.0 Å². The highest BCUT2D eigenvalue weighted by Gasteiger charge is 2.14. The molecule has 0 saturated carbocycles. The summed E-state index contributed by atoms with van der Waals surface area (Å²) in [4.78, 5) is 4.28. The van der Waals surface area contributed by atoms with Crippen LogP contribution in [0.1, 0.15) is 18.0 Å². The molecule has 2 heterocycles. The highest BCUT2D eigenvalue weighted by molar-refractivity contribution is 7.09. The quantitative estimate of drug-likeness (QED) is 0.814. The molecule has 4 nitrogen and oxygen atoms in total. The van der Waals surface area contributed by atoms with Crippen molar-refractivity contribution in [3.05, 3.63) is 16.6 Å². The first kappa shape index (κ1) is 10.0. The molecule has 78 valence electrons. The number of hydrogen-bond donors (Lipinski definition) is 1. The van der Waals surface area contributed by atoms with Gasteiger partial charge in [-0.3, -0.25) is 0 Å². The Kier molecular flexibility index (Phi) is 3.47. The lowest BCUT2D eigenvalue weighted by molar-refractivity contribution is 0.00483. The molecule has 0 radical (unpaired) electrons.